The van der Waals surface area contributed by atoms with Crippen molar-refractivity contribution < 1.29 is 4.79 Å². The fourth-order valence-corrected chi connectivity index (χ4v) is 2.58. The maximum absolute atomic E-state index is 12.4. The molecule has 0 spiro atoms. The molecule has 4 heteroatoms. The second-order valence-electron chi connectivity index (χ2n) is 4.98. The van der Waals surface area contributed by atoms with E-state index in [9.17, 15) is 4.79 Å². The second-order valence-corrected chi connectivity index (χ2v) is 6.23. The Hall–Kier alpha value is -1.40. The number of hydrogen-bond donors (Lipinski definition) is 2. The van der Waals surface area contributed by atoms with E-state index in [0.29, 0.717) is 0 Å². The van der Waals surface area contributed by atoms with Crippen LogP contribution in [-0.4, -0.2) is 5.91 Å². The first-order chi connectivity index (χ1) is 9.41. The number of anilines is 1. The van der Waals surface area contributed by atoms with Crippen molar-refractivity contribution in [2.24, 2.45) is 5.73 Å². The molecule has 3 nitrogen and oxygen atoms in total. The molecule has 104 valence electrons. The van der Waals surface area contributed by atoms with E-state index in [0.717, 1.165) is 20.4 Å². The molecule has 1 atom stereocenters. The zero-order chi connectivity index (χ0) is 14.8. The van der Waals surface area contributed by atoms with Crippen LogP contribution in [0.2, 0.25) is 0 Å². The summed E-state index contributed by atoms with van der Waals surface area (Å²) in [6.45, 7) is 3.69. The highest BCUT2D eigenvalue weighted by molar-refractivity contribution is 14.1. The quantitative estimate of drug-likeness (QED) is 0.802. The van der Waals surface area contributed by atoms with Crippen LogP contribution in [-0.2, 0) is 10.3 Å². The lowest BCUT2D eigenvalue weighted by molar-refractivity contribution is -0.120. The van der Waals surface area contributed by atoms with Crippen molar-refractivity contribution in [2.75, 3.05) is 5.32 Å². The van der Waals surface area contributed by atoms with Crippen molar-refractivity contribution in [2.45, 2.75) is 19.4 Å². The fraction of sp³-hybridized carbons (Fsp3) is 0.188. The molecule has 2 aromatic carbocycles. The average Bonchev–Trinajstić information content (AvgIpc) is 2.42. The summed E-state index contributed by atoms with van der Waals surface area (Å²) >= 11 is 2.24. The molecule has 20 heavy (non-hydrogen) atoms. The topological polar surface area (TPSA) is 55.1 Å². The van der Waals surface area contributed by atoms with E-state index in [1.54, 1.807) is 6.92 Å². The molecule has 1 unspecified atom stereocenters. The van der Waals surface area contributed by atoms with E-state index < -0.39 is 5.54 Å². The van der Waals surface area contributed by atoms with Gasteiger partial charge in [-0.05, 0) is 65.8 Å². The Morgan fingerprint density at radius 1 is 1.20 bits per heavy atom. The number of rotatable bonds is 3. The Kier molecular flexibility index (Phi) is 4.45. The molecular formula is C16H17IN2O. The van der Waals surface area contributed by atoms with Crippen molar-refractivity contribution in [3.63, 3.8) is 0 Å². The molecule has 0 aliphatic rings. The Morgan fingerprint density at radius 2 is 1.85 bits per heavy atom. The minimum Gasteiger partial charge on any atom is -0.324 e. The smallest absolute Gasteiger partial charge is 0.248 e. The average molecular weight is 380 g/mol. The van der Waals surface area contributed by atoms with E-state index in [4.69, 9.17) is 5.73 Å². The molecule has 2 aromatic rings. The first-order valence-electron chi connectivity index (χ1n) is 6.33. The van der Waals surface area contributed by atoms with Gasteiger partial charge < -0.3 is 11.1 Å². The highest BCUT2D eigenvalue weighted by Crippen LogP contribution is 2.22. The van der Waals surface area contributed by atoms with Gasteiger partial charge in [-0.15, -0.1) is 0 Å². The van der Waals surface area contributed by atoms with E-state index in [2.05, 4.69) is 27.9 Å². The van der Waals surface area contributed by atoms with Crippen molar-refractivity contribution in [3.8, 4) is 0 Å². The molecule has 0 saturated heterocycles. The first kappa shape index (κ1) is 15.0. The summed E-state index contributed by atoms with van der Waals surface area (Å²) < 4.78 is 1.14. The third-order valence-corrected chi connectivity index (χ3v) is 3.95. The van der Waals surface area contributed by atoms with Gasteiger partial charge in [0.15, 0.2) is 0 Å². The zero-order valence-electron chi connectivity index (χ0n) is 11.5. The lowest BCUT2D eigenvalue weighted by atomic mass is 9.92. The molecule has 0 fully saturated rings. The highest BCUT2D eigenvalue weighted by Gasteiger charge is 2.30. The van der Waals surface area contributed by atoms with Crippen LogP contribution in [0.25, 0.3) is 0 Å². The van der Waals surface area contributed by atoms with Crippen LogP contribution in [0.1, 0.15) is 18.1 Å². The number of aryl methyl sites for hydroxylation is 1. The number of carbonyl (C=O) groups excluding carboxylic acids is 1. The number of nitrogens with two attached hydrogens (primary N) is 1. The molecule has 0 heterocycles. The minimum absolute atomic E-state index is 0.215. The van der Waals surface area contributed by atoms with Crippen LogP contribution < -0.4 is 11.1 Å². The maximum Gasteiger partial charge on any atom is 0.248 e. The SMILES string of the molecule is Cc1cc(I)ccc1NC(=O)C(C)(N)c1ccccc1. The van der Waals surface area contributed by atoms with Crippen LogP contribution in [0.5, 0.6) is 0 Å². The monoisotopic (exact) mass is 380 g/mol. The number of carbonyl (C=O) groups is 1. The highest BCUT2D eigenvalue weighted by atomic mass is 127. The van der Waals surface area contributed by atoms with E-state index >= 15 is 0 Å². The van der Waals surface area contributed by atoms with Gasteiger partial charge in [0.05, 0.1) is 0 Å². The third-order valence-electron chi connectivity index (χ3n) is 3.28. The largest absolute Gasteiger partial charge is 0.324 e. The van der Waals surface area contributed by atoms with Gasteiger partial charge in [0.1, 0.15) is 5.54 Å². The fourth-order valence-electron chi connectivity index (χ4n) is 1.93. The van der Waals surface area contributed by atoms with Crippen LogP contribution in [0.15, 0.2) is 48.5 Å². The maximum atomic E-state index is 12.4. The Bertz CT molecular complexity index is 624. The lowest BCUT2D eigenvalue weighted by Gasteiger charge is -2.24. The summed E-state index contributed by atoms with van der Waals surface area (Å²) in [6, 6.07) is 15.3. The molecule has 0 bridgehead atoms. The predicted octanol–water partition coefficient (Wildman–Crippen LogP) is 3.41. The van der Waals surface area contributed by atoms with E-state index in [-0.39, 0.29) is 5.91 Å². The summed E-state index contributed by atoms with van der Waals surface area (Å²) in [5.74, 6) is -0.215. The molecule has 2 rings (SSSR count). The standard InChI is InChI=1S/C16H17IN2O/c1-11-10-13(17)8-9-14(11)19-15(20)16(2,18)12-6-4-3-5-7-12/h3-10H,18H2,1-2H3,(H,19,20). The number of halogens is 1. The zero-order valence-corrected chi connectivity index (χ0v) is 13.6. The molecule has 0 radical (unpaired) electrons. The third kappa shape index (κ3) is 3.19. The normalized spacial score (nSPS) is 13.6. The molecule has 0 aliphatic heterocycles. The van der Waals surface area contributed by atoms with Crippen LogP contribution >= 0.6 is 22.6 Å². The van der Waals surface area contributed by atoms with Gasteiger partial charge in [-0.2, -0.15) is 0 Å². The van der Waals surface area contributed by atoms with E-state index in [1.165, 1.54) is 0 Å². The van der Waals surface area contributed by atoms with Crippen LogP contribution in [0.3, 0.4) is 0 Å². The van der Waals surface area contributed by atoms with Gasteiger partial charge in [0.2, 0.25) is 5.91 Å². The summed E-state index contributed by atoms with van der Waals surface area (Å²) in [6.07, 6.45) is 0. The van der Waals surface area contributed by atoms with Crippen LogP contribution in [0, 0.1) is 10.5 Å². The molecule has 3 N–H and O–H groups in total. The first-order valence-corrected chi connectivity index (χ1v) is 7.41. The predicted molar refractivity (Wildman–Crippen MR) is 90.5 cm³/mol. The molecule has 0 aromatic heterocycles. The number of hydrogen-bond acceptors (Lipinski definition) is 2. The van der Waals surface area contributed by atoms with Gasteiger partial charge in [-0.3, -0.25) is 4.79 Å². The minimum atomic E-state index is -1.06. The van der Waals surface area contributed by atoms with Gasteiger partial charge in [-0.1, -0.05) is 30.3 Å². The number of amides is 1. The molecular weight excluding hydrogens is 363 g/mol. The summed E-state index contributed by atoms with van der Waals surface area (Å²) in [5.41, 5.74) is 7.75. The van der Waals surface area contributed by atoms with Crippen molar-refractivity contribution in [1.29, 1.82) is 0 Å². The van der Waals surface area contributed by atoms with Crippen molar-refractivity contribution in [3.05, 3.63) is 63.2 Å². The number of nitrogens with one attached hydrogen (secondary N) is 1. The van der Waals surface area contributed by atoms with Gasteiger partial charge in [0.25, 0.3) is 0 Å². The Morgan fingerprint density at radius 3 is 2.45 bits per heavy atom. The number of benzene rings is 2. The summed E-state index contributed by atoms with van der Waals surface area (Å²) in [4.78, 5) is 12.4. The van der Waals surface area contributed by atoms with Crippen molar-refractivity contribution in [1.82, 2.24) is 0 Å². The van der Waals surface area contributed by atoms with Crippen LogP contribution in [0.4, 0.5) is 5.69 Å². The summed E-state index contributed by atoms with van der Waals surface area (Å²) in [7, 11) is 0. The van der Waals surface area contributed by atoms with E-state index in [1.807, 2.05) is 55.5 Å². The molecule has 0 aliphatic carbocycles. The molecule has 0 saturated carbocycles. The van der Waals surface area contributed by atoms with Gasteiger partial charge >= 0.3 is 0 Å². The van der Waals surface area contributed by atoms with Gasteiger partial charge in [0, 0.05) is 9.26 Å². The Balaban J connectivity index is 2.23. The van der Waals surface area contributed by atoms with Crippen molar-refractivity contribution >= 4 is 34.2 Å². The summed E-state index contributed by atoms with van der Waals surface area (Å²) in [5, 5.41) is 2.91. The second kappa shape index (κ2) is 5.93. The lowest BCUT2D eigenvalue weighted by Crippen LogP contribution is -2.45. The van der Waals surface area contributed by atoms with Gasteiger partial charge in [-0.25, -0.2) is 0 Å². The molecule has 1 amide bonds. The Labute approximate surface area is 132 Å².